The summed E-state index contributed by atoms with van der Waals surface area (Å²) in [4.78, 5) is 34.1. The van der Waals surface area contributed by atoms with Crippen LogP contribution in [0.15, 0.2) is 60.0 Å². The van der Waals surface area contributed by atoms with Crippen LogP contribution in [0, 0.1) is 18.3 Å². The van der Waals surface area contributed by atoms with Crippen molar-refractivity contribution >= 4 is 50.1 Å². The van der Waals surface area contributed by atoms with Gasteiger partial charge in [0, 0.05) is 31.9 Å². The van der Waals surface area contributed by atoms with Gasteiger partial charge >= 0.3 is 10.1 Å². The number of pyridine rings is 2. The van der Waals surface area contributed by atoms with Crippen LogP contribution in [0.2, 0.25) is 5.02 Å². The summed E-state index contributed by atoms with van der Waals surface area (Å²) >= 11 is 6.29. The van der Waals surface area contributed by atoms with Crippen LogP contribution in [0.4, 0.5) is 11.5 Å². The summed E-state index contributed by atoms with van der Waals surface area (Å²) in [6.07, 6.45) is 2.39. The molecule has 1 aliphatic rings. The Morgan fingerprint density at radius 2 is 1.95 bits per heavy atom. The van der Waals surface area contributed by atoms with E-state index in [1.165, 1.54) is 43.7 Å². The zero-order valence-electron chi connectivity index (χ0n) is 20.0. The van der Waals surface area contributed by atoms with Crippen LogP contribution >= 0.6 is 11.6 Å². The number of hydrogen-bond donors (Lipinski definition) is 2. The largest absolute Gasteiger partial charge is 0.357 e. The summed E-state index contributed by atoms with van der Waals surface area (Å²) in [6, 6.07) is 11.2. The Morgan fingerprint density at radius 1 is 1.18 bits per heavy atom. The van der Waals surface area contributed by atoms with Crippen LogP contribution in [0.25, 0.3) is 0 Å². The highest BCUT2D eigenvalue weighted by molar-refractivity contribution is 8.02. The summed E-state index contributed by atoms with van der Waals surface area (Å²) in [5.74, 6) is -1.36. The van der Waals surface area contributed by atoms with Gasteiger partial charge in [-0.2, -0.15) is 18.8 Å². The quantitative estimate of drug-likeness (QED) is 0.436. The zero-order valence-corrected chi connectivity index (χ0v) is 21.6. The van der Waals surface area contributed by atoms with E-state index in [0.29, 0.717) is 5.56 Å². The molecule has 2 aromatic heterocycles. The number of hydrogen-bond acceptors (Lipinski definition) is 10. The minimum Gasteiger partial charge on any atom is -0.357 e. The molecule has 194 valence electrons. The molecule has 1 aromatic carbocycles. The first kappa shape index (κ1) is 26.5. The van der Waals surface area contributed by atoms with E-state index in [2.05, 4.69) is 25.7 Å². The number of amides is 2. The lowest BCUT2D eigenvalue weighted by Crippen LogP contribution is -2.40. The maximum Gasteiger partial charge on any atom is 0.356 e. The fourth-order valence-electron chi connectivity index (χ4n) is 3.67. The number of carbonyl (C=O) groups is 2. The van der Waals surface area contributed by atoms with Crippen LogP contribution in [0.5, 0.6) is 5.88 Å². The van der Waals surface area contributed by atoms with E-state index in [4.69, 9.17) is 15.8 Å². The molecule has 12 nitrogen and oxygen atoms in total. The van der Waals surface area contributed by atoms with E-state index in [-0.39, 0.29) is 33.5 Å². The van der Waals surface area contributed by atoms with Crippen molar-refractivity contribution in [3.05, 3.63) is 76.6 Å². The lowest BCUT2D eigenvalue weighted by atomic mass is 10.0. The number of aryl methyl sites for hydroxylation is 1. The second-order valence-corrected chi connectivity index (χ2v) is 9.92. The van der Waals surface area contributed by atoms with Crippen LogP contribution < -0.4 is 19.8 Å². The summed E-state index contributed by atoms with van der Waals surface area (Å²) < 4.78 is 31.1. The maximum absolute atomic E-state index is 13.6. The van der Waals surface area contributed by atoms with Gasteiger partial charge in [0.2, 0.25) is 11.8 Å². The third kappa shape index (κ3) is 5.41. The predicted octanol–water partition coefficient (Wildman–Crippen LogP) is 2.61. The van der Waals surface area contributed by atoms with Gasteiger partial charge in [0.05, 0.1) is 27.9 Å². The first-order chi connectivity index (χ1) is 18.1. The average Bonchev–Trinajstić information content (AvgIpc) is 3.36. The van der Waals surface area contributed by atoms with Crippen molar-refractivity contribution in [2.75, 3.05) is 17.4 Å². The van der Waals surface area contributed by atoms with E-state index in [9.17, 15) is 23.3 Å². The van der Waals surface area contributed by atoms with E-state index in [1.807, 2.05) is 6.07 Å². The molecule has 1 atom stereocenters. The van der Waals surface area contributed by atoms with Gasteiger partial charge in [-0.15, -0.1) is 0 Å². The van der Waals surface area contributed by atoms with Gasteiger partial charge in [0.25, 0.3) is 5.91 Å². The molecular formula is C24H20ClN7O5S. The molecule has 1 unspecified atom stereocenters. The molecule has 0 saturated heterocycles. The summed E-state index contributed by atoms with van der Waals surface area (Å²) in [6.45, 7) is 1.62. The number of halogens is 1. The second-order valence-electron chi connectivity index (χ2n) is 7.97. The number of carbonyl (C=O) groups excluding carboxylic acids is 2. The smallest absolute Gasteiger partial charge is 0.356 e. The van der Waals surface area contributed by atoms with Crippen LogP contribution in [-0.2, 0) is 14.9 Å². The lowest BCUT2D eigenvalue weighted by molar-refractivity contribution is -0.117. The number of nitriles is 1. The van der Waals surface area contributed by atoms with Gasteiger partial charge in [-0.05, 0) is 42.8 Å². The minimum absolute atomic E-state index is 0.0421. The average molecular weight is 554 g/mol. The third-order valence-corrected chi connectivity index (χ3v) is 6.96. The van der Waals surface area contributed by atoms with E-state index in [0.717, 1.165) is 5.01 Å². The molecule has 0 radical (unpaired) electrons. The number of nitrogens with one attached hydrogen (secondary N) is 2. The Balaban J connectivity index is 1.71. The Kier molecular flexibility index (Phi) is 7.56. The molecule has 3 aromatic rings. The molecule has 1 aliphatic heterocycles. The highest BCUT2D eigenvalue weighted by Crippen LogP contribution is 2.32. The Labute approximate surface area is 223 Å². The van der Waals surface area contributed by atoms with E-state index >= 15 is 0 Å². The molecule has 0 aliphatic carbocycles. The normalized spacial score (nSPS) is 14.8. The molecule has 0 saturated carbocycles. The fraction of sp³-hybridized carbons (Fsp3) is 0.167. The van der Waals surface area contributed by atoms with Gasteiger partial charge in [-0.1, -0.05) is 17.7 Å². The second kappa shape index (κ2) is 10.8. The van der Waals surface area contributed by atoms with Gasteiger partial charge < -0.3 is 14.8 Å². The molecule has 38 heavy (non-hydrogen) atoms. The third-order valence-electron chi connectivity index (χ3n) is 5.45. The van der Waals surface area contributed by atoms with Crippen molar-refractivity contribution in [1.82, 2.24) is 15.3 Å². The molecule has 4 rings (SSSR count). The van der Waals surface area contributed by atoms with Crippen molar-refractivity contribution in [1.29, 1.82) is 5.26 Å². The number of rotatable bonds is 6. The summed E-state index contributed by atoms with van der Waals surface area (Å²) in [7, 11) is -3.04. The first-order valence-corrected chi connectivity index (χ1v) is 12.8. The number of hydrazone groups is 1. The highest BCUT2D eigenvalue weighted by atomic mass is 35.5. The fourth-order valence-corrected chi connectivity index (χ4v) is 4.85. The number of aromatic nitrogens is 2. The van der Waals surface area contributed by atoms with Crippen molar-refractivity contribution in [2.45, 2.75) is 19.4 Å². The van der Waals surface area contributed by atoms with Crippen LogP contribution in [0.3, 0.4) is 0 Å². The minimum atomic E-state index is -4.45. The molecule has 2 N–H and O–H groups in total. The van der Waals surface area contributed by atoms with E-state index < -0.39 is 39.4 Å². The van der Waals surface area contributed by atoms with Crippen LogP contribution in [0.1, 0.15) is 27.9 Å². The molecule has 0 bridgehead atoms. The zero-order chi connectivity index (χ0) is 27.4. The molecule has 14 heteroatoms. The van der Waals surface area contributed by atoms with Crippen LogP contribution in [-0.4, -0.2) is 48.3 Å². The summed E-state index contributed by atoms with van der Waals surface area (Å²) in [5, 5.41) is 19.4. The topological polar surface area (TPSA) is 167 Å². The van der Waals surface area contributed by atoms with Crippen molar-refractivity contribution in [3.8, 4) is 11.9 Å². The van der Waals surface area contributed by atoms with Gasteiger partial charge in [0.1, 0.15) is 6.04 Å². The highest BCUT2D eigenvalue weighted by Gasteiger charge is 2.41. The molecule has 3 heterocycles. The molecule has 2 amide bonds. The first-order valence-electron chi connectivity index (χ1n) is 11.0. The molecule has 0 spiro atoms. The standard InChI is InChI=1S/C24H20ClN7O5S/c1-14-10-15(13-26)11-16(23(33)27-2)21(14)30-24(34)18-12-20(31-32(18)22-17(25)6-5-9-29-22)38(35,36)37-19-7-3-4-8-28-19/h3-11,18H,12H2,1-2H3,(H,27,33)(H,30,34). The lowest BCUT2D eigenvalue weighted by Gasteiger charge is -2.23. The molecule has 0 fully saturated rings. The molecular weight excluding hydrogens is 534 g/mol. The van der Waals surface area contributed by atoms with Gasteiger partial charge in [0.15, 0.2) is 10.9 Å². The van der Waals surface area contributed by atoms with Crippen molar-refractivity contribution < 1.29 is 22.2 Å². The van der Waals surface area contributed by atoms with Crippen molar-refractivity contribution in [3.63, 3.8) is 0 Å². The van der Waals surface area contributed by atoms with Crippen molar-refractivity contribution in [2.24, 2.45) is 5.10 Å². The number of nitrogens with zero attached hydrogens (tertiary/aromatic N) is 5. The Morgan fingerprint density at radius 3 is 2.61 bits per heavy atom. The van der Waals surface area contributed by atoms with E-state index in [1.54, 1.807) is 25.1 Å². The Hall–Kier alpha value is -4.54. The number of anilines is 2. The van der Waals surface area contributed by atoms with Gasteiger partial charge in [-0.25, -0.2) is 15.0 Å². The predicted molar refractivity (Wildman–Crippen MR) is 139 cm³/mol. The maximum atomic E-state index is 13.6. The monoisotopic (exact) mass is 553 g/mol. The number of benzene rings is 1. The Bertz CT molecular complexity index is 1590. The van der Waals surface area contributed by atoms with Gasteiger partial charge in [-0.3, -0.25) is 9.59 Å². The summed E-state index contributed by atoms with van der Waals surface area (Å²) in [5.41, 5.74) is 0.889. The SMILES string of the molecule is CNC(=O)c1cc(C#N)cc(C)c1NC(=O)C1CC(S(=O)(=O)Oc2ccccn2)=NN1c1ncccc1Cl.